The predicted molar refractivity (Wildman–Crippen MR) is 78.1 cm³/mol. The number of ether oxygens (including phenoxy) is 1. The minimum atomic E-state index is -0.553. The van der Waals surface area contributed by atoms with Crippen molar-refractivity contribution >= 4 is 17.5 Å². The molecule has 0 atom stereocenters. The predicted octanol–water partition coefficient (Wildman–Crippen LogP) is 1.85. The lowest BCUT2D eigenvalue weighted by atomic mass is 10.3. The fourth-order valence-corrected chi connectivity index (χ4v) is 1.64. The molecule has 0 radical (unpaired) electrons. The maximum atomic E-state index is 10.8. The number of nitrogen functional groups attached to an aromatic ring is 1. The molecule has 0 saturated heterocycles. The highest BCUT2D eigenvalue weighted by Gasteiger charge is 2.15. The minimum absolute atomic E-state index is 0.0105. The van der Waals surface area contributed by atoms with Gasteiger partial charge in [-0.05, 0) is 18.6 Å². The van der Waals surface area contributed by atoms with Gasteiger partial charge in [0.25, 0.3) is 0 Å². The van der Waals surface area contributed by atoms with Crippen molar-refractivity contribution in [2.45, 2.75) is 6.42 Å². The van der Waals surface area contributed by atoms with Crippen molar-refractivity contribution in [2.75, 3.05) is 24.2 Å². The first-order valence-corrected chi connectivity index (χ1v) is 6.35. The molecule has 0 bridgehead atoms. The van der Waals surface area contributed by atoms with Crippen LogP contribution in [0, 0.1) is 10.1 Å². The van der Waals surface area contributed by atoms with Crippen LogP contribution in [0.2, 0.25) is 0 Å². The smallest absolute Gasteiger partial charge is 0.329 e. The zero-order chi connectivity index (χ0) is 15.1. The second-order valence-corrected chi connectivity index (χ2v) is 4.16. The van der Waals surface area contributed by atoms with Gasteiger partial charge >= 0.3 is 5.69 Å². The van der Waals surface area contributed by atoms with E-state index < -0.39 is 4.92 Å². The van der Waals surface area contributed by atoms with E-state index in [9.17, 15) is 10.1 Å². The number of rotatable bonds is 7. The summed E-state index contributed by atoms with van der Waals surface area (Å²) in [7, 11) is 0. The number of para-hydroxylation sites is 1. The van der Waals surface area contributed by atoms with Crippen molar-refractivity contribution in [2.24, 2.45) is 0 Å². The van der Waals surface area contributed by atoms with Gasteiger partial charge in [-0.2, -0.15) is 4.98 Å². The van der Waals surface area contributed by atoms with Gasteiger partial charge < -0.3 is 15.8 Å². The topological polar surface area (TPSA) is 116 Å². The lowest BCUT2D eigenvalue weighted by Crippen LogP contribution is -2.11. The molecule has 2 rings (SSSR count). The molecule has 0 aliphatic carbocycles. The molecule has 1 aromatic heterocycles. The summed E-state index contributed by atoms with van der Waals surface area (Å²) >= 11 is 0. The van der Waals surface area contributed by atoms with Crippen molar-refractivity contribution in [1.82, 2.24) is 9.97 Å². The van der Waals surface area contributed by atoms with E-state index in [2.05, 4.69) is 15.3 Å². The second-order valence-electron chi connectivity index (χ2n) is 4.16. The molecule has 2 aromatic rings. The number of nitrogens with two attached hydrogens (primary N) is 1. The van der Waals surface area contributed by atoms with Gasteiger partial charge in [-0.15, -0.1) is 0 Å². The summed E-state index contributed by atoms with van der Waals surface area (Å²) in [6, 6.07) is 9.42. The van der Waals surface area contributed by atoms with E-state index >= 15 is 0 Å². The maximum Gasteiger partial charge on any atom is 0.329 e. The third-order valence-electron chi connectivity index (χ3n) is 2.61. The van der Waals surface area contributed by atoms with E-state index in [1.807, 2.05) is 30.3 Å². The molecule has 0 fully saturated rings. The number of nitrogens with zero attached hydrogens (tertiary/aromatic N) is 3. The van der Waals surface area contributed by atoms with Crippen molar-refractivity contribution in [1.29, 1.82) is 0 Å². The van der Waals surface area contributed by atoms with Crippen LogP contribution in [0.5, 0.6) is 5.75 Å². The van der Waals surface area contributed by atoms with Crippen LogP contribution < -0.4 is 15.8 Å². The first-order valence-electron chi connectivity index (χ1n) is 6.35. The van der Waals surface area contributed by atoms with Gasteiger partial charge in [0, 0.05) is 6.54 Å². The van der Waals surface area contributed by atoms with Crippen LogP contribution in [0.3, 0.4) is 0 Å². The number of aromatic nitrogens is 2. The number of hydrogen-bond donors (Lipinski definition) is 2. The van der Waals surface area contributed by atoms with E-state index in [4.69, 9.17) is 10.5 Å². The third-order valence-corrected chi connectivity index (χ3v) is 2.61. The molecule has 0 aliphatic rings. The van der Waals surface area contributed by atoms with Gasteiger partial charge in [0.15, 0.2) is 0 Å². The van der Waals surface area contributed by atoms with Gasteiger partial charge in [-0.3, -0.25) is 10.1 Å². The Hall–Kier alpha value is -2.90. The van der Waals surface area contributed by atoms with Crippen LogP contribution in [-0.2, 0) is 0 Å². The number of nitrogens with one attached hydrogen (secondary N) is 1. The second kappa shape index (κ2) is 7.04. The molecule has 0 amide bonds. The SMILES string of the molecule is Nc1ncc([N+](=O)[O-])c(NCCCOc2ccccc2)n1. The lowest BCUT2D eigenvalue weighted by Gasteiger charge is -2.08. The van der Waals surface area contributed by atoms with Crippen LogP contribution in [0.25, 0.3) is 0 Å². The van der Waals surface area contributed by atoms with Crippen molar-refractivity contribution in [3.63, 3.8) is 0 Å². The lowest BCUT2D eigenvalue weighted by molar-refractivity contribution is -0.384. The van der Waals surface area contributed by atoms with Crippen LogP contribution >= 0.6 is 0 Å². The van der Waals surface area contributed by atoms with Crippen LogP contribution in [0.4, 0.5) is 17.5 Å². The summed E-state index contributed by atoms with van der Waals surface area (Å²) in [5.41, 5.74) is 5.22. The average molecular weight is 289 g/mol. The fourth-order valence-electron chi connectivity index (χ4n) is 1.64. The Labute approximate surface area is 121 Å². The monoisotopic (exact) mass is 289 g/mol. The van der Waals surface area contributed by atoms with Gasteiger partial charge in [-0.1, -0.05) is 18.2 Å². The molecule has 8 heteroatoms. The molecule has 1 heterocycles. The molecule has 0 aliphatic heterocycles. The average Bonchev–Trinajstić information content (AvgIpc) is 2.48. The Kier molecular flexibility index (Phi) is 4.86. The standard InChI is InChI=1S/C13H15N5O3/c14-13-16-9-11(18(19)20)12(17-13)15-7-4-8-21-10-5-2-1-3-6-10/h1-3,5-6,9H,4,7-8H2,(H3,14,15,16,17). The Morgan fingerprint density at radius 2 is 2.10 bits per heavy atom. The molecular weight excluding hydrogens is 274 g/mol. The number of benzene rings is 1. The largest absolute Gasteiger partial charge is 0.494 e. The summed E-state index contributed by atoms with van der Waals surface area (Å²) in [6.45, 7) is 0.968. The quantitative estimate of drug-likeness (QED) is 0.454. The first kappa shape index (κ1) is 14.5. The summed E-state index contributed by atoms with van der Waals surface area (Å²) < 4.78 is 5.51. The number of nitro groups is 1. The summed E-state index contributed by atoms with van der Waals surface area (Å²) in [6.07, 6.45) is 1.75. The van der Waals surface area contributed by atoms with E-state index in [0.717, 1.165) is 11.9 Å². The highest BCUT2D eigenvalue weighted by atomic mass is 16.6. The van der Waals surface area contributed by atoms with E-state index in [-0.39, 0.29) is 17.5 Å². The fraction of sp³-hybridized carbons (Fsp3) is 0.231. The summed E-state index contributed by atoms with van der Waals surface area (Å²) in [5.74, 6) is 0.894. The molecule has 3 N–H and O–H groups in total. The van der Waals surface area contributed by atoms with E-state index in [0.29, 0.717) is 19.6 Å². The van der Waals surface area contributed by atoms with Crippen LogP contribution in [-0.4, -0.2) is 28.0 Å². The summed E-state index contributed by atoms with van der Waals surface area (Å²) in [4.78, 5) is 17.7. The highest BCUT2D eigenvalue weighted by molar-refractivity contribution is 5.56. The van der Waals surface area contributed by atoms with E-state index in [1.54, 1.807) is 0 Å². The van der Waals surface area contributed by atoms with Gasteiger partial charge in [0.1, 0.15) is 11.9 Å². The van der Waals surface area contributed by atoms with Gasteiger partial charge in [0.05, 0.1) is 11.5 Å². The Bertz CT molecular complexity index is 606. The normalized spacial score (nSPS) is 10.1. The Balaban J connectivity index is 1.81. The molecule has 0 unspecified atom stereocenters. The molecule has 8 nitrogen and oxygen atoms in total. The molecule has 110 valence electrons. The third kappa shape index (κ3) is 4.30. The van der Waals surface area contributed by atoms with Crippen molar-refractivity contribution < 1.29 is 9.66 Å². The number of anilines is 2. The van der Waals surface area contributed by atoms with Crippen molar-refractivity contribution in [3.05, 3.63) is 46.6 Å². The zero-order valence-corrected chi connectivity index (χ0v) is 11.2. The van der Waals surface area contributed by atoms with Gasteiger partial charge in [-0.25, -0.2) is 4.98 Å². The van der Waals surface area contributed by atoms with Crippen molar-refractivity contribution in [3.8, 4) is 5.75 Å². The zero-order valence-electron chi connectivity index (χ0n) is 11.2. The minimum Gasteiger partial charge on any atom is -0.494 e. The van der Waals surface area contributed by atoms with E-state index in [1.165, 1.54) is 0 Å². The Morgan fingerprint density at radius 1 is 1.33 bits per heavy atom. The van der Waals surface area contributed by atoms with Crippen LogP contribution in [0.1, 0.15) is 6.42 Å². The molecule has 0 spiro atoms. The Morgan fingerprint density at radius 3 is 2.81 bits per heavy atom. The number of hydrogen-bond acceptors (Lipinski definition) is 7. The molecular formula is C13H15N5O3. The van der Waals surface area contributed by atoms with Gasteiger partial charge in [0.2, 0.25) is 11.8 Å². The maximum absolute atomic E-state index is 10.8. The highest BCUT2D eigenvalue weighted by Crippen LogP contribution is 2.20. The molecule has 1 aromatic carbocycles. The molecule has 21 heavy (non-hydrogen) atoms. The van der Waals surface area contributed by atoms with Crippen LogP contribution in [0.15, 0.2) is 36.5 Å². The molecule has 0 saturated carbocycles. The summed E-state index contributed by atoms with van der Waals surface area (Å²) in [5, 5.41) is 13.7. The first-order chi connectivity index (χ1) is 10.2.